The van der Waals surface area contributed by atoms with Gasteiger partial charge in [0.25, 0.3) is 11.9 Å². The van der Waals surface area contributed by atoms with Crippen LogP contribution in [0.15, 0.2) is 47.0 Å². The van der Waals surface area contributed by atoms with Gasteiger partial charge in [-0.25, -0.2) is 9.78 Å². The Balaban J connectivity index is 1.21. The zero-order chi connectivity index (χ0) is 30.7. The molecule has 3 aromatic rings. The van der Waals surface area contributed by atoms with Gasteiger partial charge in [-0.1, -0.05) is 19.1 Å². The van der Waals surface area contributed by atoms with Crippen LogP contribution in [0, 0.1) is 5.92 Å². The number of piperidine rings is 1. The van der Waals surface area contributed by atoms with E-state index in [4.69, 9.17) is 9.15 Å². The average molecular weight is 601 g/mol. The highest BCUT2D eigenvalue weighted by Gasteiger charge is 2.42. The van der Waals surface area contributed by atoms with Crippen molar-refractivity contribution in [3.8, 4) is 0 Å². The minimum absolute atomic E-state index is 0.0559. The summed E-state index contributed by atoms with van der Waals surface area (Å²) in [4.78, 5) is 50.5. The Morgan fingerprint density at radius 2 is 1.95 bits per heavy atom. The number of nitrogens with one attached hydrogen (secondary N) is 1. The van der Waals surface area contributed by atoms with Crippen molar-refractivity contribution in [1.82, 2.24) is 14.9 Å². The highest BCUT2D eigenvalue weighted by molar-refractivity contribution is 6.03. The molecule has 2 aromatic heterocycles. The number of methoxy groups -OCH3 is 1. The third-order valence-corrected chi connectivity index (χ3v) is 7.39. The van der Waals surface area contributed by atoms with Crippen LogP contribution in [0.25, 0.3) is 0 Å². The molecule has 1 unspecified atom stereocenters. The van der Waals surface area contributed by atoms with Crippen molar-refractivity contribution in [2.24, 2.45) is 5.92 Å². The van der Waals surface area contributed by atoms with E-state index in [-0.39, 0.29) is 30.1 Å². The van der Waals surface area contributed by atoms with Gasteiger partial charge < -0.3 is 29.2 Å². The van der Waals surface area contributed by atoms with E-state index in [9.17, 15) is 27.6 Å². The number of aromatic nitrogens is 2. The van der Waals surface area contributed by atoms with Gasteiger partial charge in [-0.2, -0.15) is 18.2 Å². The molecule has 2 aliphatic rings. The van der Waals surface area contributed by atoms with E-state index in [1.807, 2.05) is 13.0 Å². The Kier molecular flexibility index (Phi) is 8.55. The van der Waals surface area contributed by atoms with Crippen molar-refractivity contribution in [2.45, 2.75) is 32.5 Å². The first-order chi connectivity index (χ1) is 20.5. The molecule has 0 spiro atoms. The molecule has 11 nitrogen and oxygen atoms in total. The number of rotatable bonds is 7. The van der Waals surface area contributed by atoms with E-state index in [0.29, 0.717) is 44.1 Å². The Morgan fingerprint density at radius 3 is 2.63 bits per heavy atom. The zero-order valence-corrected chi connectivity index (χ0v) is 23.7. The van der Waals surface area contributed by atoms with Crippen LogP contribution in [0.2, 0.25) is 0 Å². The monoisotopic (exact) mass is 600 g/mol. The number of amides is 2. The molecule has 2 aliphatic heterocycles. The summed E-state index contributed by atoms with van der Waals surface area (Å²) in [5.74, 6) is -1.87. The summed E-state index contributed by atoms with van der Waals surface area (Å²) >= 11 is 0. The fourth-order valence-corrected chi connectivity index (χ4v) is 5.19. The molecule has 0 bridgehead atoms. The van der Waals surface area contributed by atoms with Crippen LogP contribution in [-0.2, 0) is 22.3 Å². The first-order valence-electron chi connectivity index (χ1n) is 13.8. The predicted molar refractivity (Wildman–Crippen MR) is 150 cm³/mol. The lowest BCUT2D eigenvalue weighted by Gasteiger charge is -2.35. The van der Waals surface area contributed by atoms with Gasteiger partial charge in [-0.05, 0) is 48.6 Å². The van der Waals surface area contributed by atoms with Crippen molar-refractivity contribution in [3.05, 3.63) is 65.2 Å². The highest BCUT2D eigenvalue weighted by Crippen LogP contribution is 2.35. The summed E-state index contributed by atoms with van der Waals surface area (Å²) in [6.07, 6.45) is -1.83. The van der Waals surface area contributed by atoms with Gasteiger partial charge in [-0.3, -0.25) is 9.59 Å². The Hall–Kier alpha value is -4.62. The van der Waals surface area contributed by atoms with E-state index < -0.39 is 29.5 Å². The SMILES string of the molecule is COC(=O)c1cccc(CN2CCN(c3ccc(NC(=O)c4oc(N5CCCC(C)C5)nc4C(F)(F)F)cn3)CC2=O)c1. The number of pyridine rings is 1. The first-order valence-corrected chi connectivity index (χ1v) is 13.8. The molecule has 1 aromatic carbocycles. The predicted octanol–water partition coefficient (Wildman–Crippen LogP) is 4.21. The molecule has 0 saturated carbocycles. The number of hydrogen-bond donors (Lipinski definition) is 1. The number of piperazine rings is 1. The Bertz CT molecular complexity index is 1490. The number of ether oxygens (including phenoxy) is 1. The summed E-state index contributed by atoms with van der Waals surface area (Å²) < 4.78 is 51.3. The fraction of sp³-hybridized carbons (Fsp3) is 0.414. The standard InChI is InChI=1S/C29H31F3N6O5/c1-18-5-4-10-38(15-18)28-35-25(29(30,31)32)24(43-28)26(40)34-21-8-9-22(33-14-21)36-11-12-37(23(39)17-36)16-19-6-3-7-20(13-19)27(41)42-2/h3,6-9,13-14,18H,4-5,10-12,15-17H2,1-2H3,(H,34,40). The lowest BCUT2D eigenvalue weighted by atomic mass is 10.0. The maximum atomic E-state index is 13.7. The molecule has 5 rings (SSSR count). The van der Waals surface area contributed by atoms with E-state index in [1.54, 1.807) is 39.0 Å². The summed E-state index contributed by atoms with van der Waals surface area (Å²) in [6.45, 7) is 4.25. The minimum Gasteiger partial charge on any atom is -0.465 e. The molecular weight excluding hydrogens is 569 g/mol. The molecule has 1 atom stereocenters. The number of carbonyl (C=O) groups excluding carboxylic acids is 3. The number of halogens is 3. The molecule has 14 heteroatoms. The molecule has 0 radical (unpaired) electrons. The third-order valence-electron chi connectivity index (χ3n) is 7.39. The largest absolute Gasteiger partial charge is 0.465 e. The summed E-state index contributed by atoms with van der Waals surface area (Å²) in [5.41, 5.74) is -0.0310. The topological polar surface area (TPSA) is 121 Å². The number of nitrogens with zero attached hydrogens (tertiary/aromatic N) is 5. The number of oxazole rings is 1. The van der Waals surface area contributed by atoms with Gasteiger partial charge in [0.1, 0.15) is 5.82 Å². The Morgan fingerprint density at radius 1 is 1.14 bits per heavy atom. The van der Waals surface area contributed by atoms with Gasteiger partial charge in [-0.15, -0.1) is 0 Å². The smallest absolute Gasteiger partial charge is 0.437 e. The van der Waals surface area contributed by atoms with Gasteiger partial charge in [0.15, 0.2) is 5.69 Å². The molecule has 43 heavy (non-hydrogen) atoms. The highest BCUT2D eigenvalue weighted by atomic mass is 19.4. The van der Waals surface area contributed by atoms with Gasteiger partial charge >= 0.3 is 12.1 Å². The lowest BCUT2D eigenvalue weighted by Crippen LogP contribution is -2.50. The summed E-state index contributed by atoms with van der Waals surface area (Å²) in [5, 5.41) is 2.41. The van der Waals surface area contributed by atoms with Crippen LogP contribution in [0.3, 0.4) is 0 Å². The van der Waals surface area contributed by atoms with Crippen molar-refractivity contribution >= 4 is 35.3 Å². The van der Waals surface area contributed by atoms with Crippen molar-refractivity contribution in [2.75, 3.05) is 55.0 Å². The van der Waals surface area contributed by atoms with E-state index >= 15 is 0 Å². The molecule has 228 valence electrons. The molecule has 2 fully saturated rings. The quantitative estimate of drug-likeness (QED) is 0.398. The number of hydrogen-bond acceptors (Lipinski definition) is 9. The molecule has 2 saturated heterocycles. The normalized spacial score (nSPS) is 17.7. The molecule has 0 aliphatic carbocycles. The molecular formula is C29H31F3N6O5. The van der Waals surface area contributed by atoms with Gasteiger partial charge in [0.05, 0.1) is 31.1 Å². The number of anilines is 3. The van der Waals surface area contributed by atoms with Gasteiger partial charge in [0.2, 0.25) is 11.7 Å². The average Bonchev–Trinajstić information content (AvgIpc) is 3.45. The second-order valence-corrected chi connectivity index (χ2v) is 10.7. The van der Waals surface area contributed by atoms with E-state index in [2.05, 4.69) is 15.3 Å². The van der Waals surface area contributed by atoms with Crippen LogP contribution in [0.4, 0.5) is 30.7 Å². The minimum atomic E-state index is -4.88. The van der Waals surface area contributed by atoms with Crippen LogP contribution in [0.5, 0.6) is 0 Å². The zero-order valence-electron chi connectivity index (χ0n) is 23.7. The summed E-state index contributed by atoms with van der Waals surface area (Å²) in [7, 11) is 1.30. The molecule has 2 amide bonds. The number of alkyl halides is 3. The van der Waals surface area contributed by atoms with Crippen molar-refractivity contribution in [1.29, 1.82) is 0 Å². The number of esters is 1. The van der Waals surface area contributed by atoms with Crippen molar-refractivity contribution < 1.29 is 36.7 Å². The fourth-order valence-electron chi connectivity index (χ4n) is 5.19. The maximum Gasteiger partial charge on any atom is 0.437 e. The third kappa shape index (κ3) is 6.89. The number of benzene rings is 1. The second kappa shape index (κ2) is 12.3. The van der Waals surface area contributed by atoms with Gasteiger partial charge in [0, 0.05) is 32.7 Å². The maximum absolute atomic E-state index is 13.7. The van der Waals surface area contributed by atoms with Crippen LogP contribution < -0.4 is 15.1 Å². The Labute approximate surface area is 245 Å². The van der Waals surface area contributed by atoms with Crippen LogP contribution in [0.1, 0.15) is 51.9 Å². The molecule has 1 N–H and O–H groups in total. The second-order valence-electron chi connectivity index (χ2n) is 10.7. The first kappa shape index (κ1) is 29.9. The number of carbonyl (C=O) groups is 3. The van der Waals surface area contributed by atoms with Crippen LogP contribution >= 0.6 is 0 Å². The van der Waals surface area contributed by atoms with E-state index in [1.165, 1.54) is 19.4 Å². The van der Waals surface area contributed by atoms with E-state index in [0.717, 1.165) is 18.4 Å². The van der Waals surface area contributed by atoms with Crippen molar-refractivity contribution in [3.63, 3.8) is 0 Å². The molecule has 4 heterocycles. The lowest BCUT2D eigenvalue weighted by molar-refractivity contribution is -0.141. The summed E-state index contributed by atoms with van der Waals surface area (Å²) in [6, 6.07) is 9.72. The van der Waals surface area contributed by atoms with Crippen LogP contribution in [-0.4, -0.2) is 72.5 Å².